The van der Waals surface area contributed by atoms with E-state index in [0.717, 1.165) is 35.6 Å². The lowest BCUT2D eigenvalue weighted by Gasteiger charge is -2.36. The molecule has 0 radical (unpaired) electrons. The molecule has 0 spiro atoms. The summed E-state index contributed by atoms with van der Waals surface area (Å²) in [5.41, 5.74) is 4.61. The van der Waals surface area contributed by atoms with E-state index in [0.29, 0.717) is 11.9 Å². The summed E-state index contributed by atoms with van der Waals surface area (Å²) in [5.74, 6) is 1.92. The van der Waals surface area contributed by atoms with Crippen LogP contribution in [0.5, 0.6) is 0 Å². The summed E-state index contributed by atoms with van der Waals surface area (Å²) in [6.45, 7) is 5.98. The van der Waals surface area contributed by atoms with Crippen molar-refractivity contribution in [3.63, 3.8) is 0 Å². The third-order valence-corrected chi connectivity index (χ3v) is 6.93. The lowest BCUT2D eigenvalue weighted by atomic mass is 10.0. The molecular formula is C26H30N6O. The number of fused-ring (bicyclic) bond motifs is 3. The molecule has 4 aromatic heterocycles. The van der Waals surface area contributed by atoms with Crippen molar-refractivity contribution in [3.05, 3.63) is 54.5 Å². The molecule has 5 heterocycles. The van der Waals surface area contributed by atoms with E-state index in [-0.39, 0.29) is 12.2 Å². The first-order valence-corrected chi connectivity index (χ1v) is 12.0. The molecule has 1 aliphatic heterocycles. The highest BCUT2D eigenvalue weighted by Gasteiger charge is 2.23. The Bertz CT molecular complexity index is 1270. The highest BCUT2D eigenvalue weighted by Crippen LogP contribution is 2.36. The van der Waals surface area contributed by atoms with Gasteiger partial charge in [-0.15, -0.1) is 0 Å². The van der Waals surface area contributed by atoms with Crippen molar-refractivity contribution in [1.29, 1.82) is 0 Å². The van der Waals surface area contributed by atoms with E-state index in [1.54, 1.807) is 0 Å². The zero-order valence-corrected chi connectivity index (χ0v) is 19.2. The molecule has 1 N–H and O–H groups in total. The summed E-state index contributed by atoms with van der Waals surface area (Å²) >= 11 is 0. The van der Waals surface area contributed by atoms with E-state index >= 15 is 0 Å². The van der Waals surface area contributed by atoms with E-state index in [4.69, 9.17) is 9.72 Å². The molecule has 0 amide bonds. The second-order valence-corrected chi connectivity index (χ2v) is 9.49. The average Bonchev–Trinajstić information content (AvgIpc) is 3.49. The van der Waals surface area contributed by atoms with Gasteiger partial charge < -0.3 is 15.0 Å². The van der Waals surface area contributed by atoms with E-state index in [1.807, 2.05) is 18.5 Å². The van der Waals surface area contributed by atoms with Crippen molar-refractivity contribution in [3.8, 4) is 0 Å². The Labute approximate surface area is 193 Å². The van der Waals surface area contributed by atoms with Crippen LogP contribution in [0.25, 0.3) is 16.6 Å². The van der Waals surface area contributed by atoms with Crippen LogP contribution in [0.1, 0.15) is 51.1 Å². The molecule has 7 nitrogen and oxygen atoms in total. The molecule has 2 atom stereocenters. The maximum Gasteiger partial charge on any atom is 0.230 e. The molecule has 6 rings (SSSR count). The number of hydrogen-bond acceptors (Lipinski definition) is 6. The van der Waals surface area contributed by atoms with Gasteiger partial charge in [0.05, 0.1) is 24.1 Å². The number of nitrogens with one attached hydrogen (secondary N) is 1. The third kappa shape index (κ3) is 3.91. The van der Waals surface area contributed by atoms with Gasteiger partial charge in [-0.3, -0.25) is 4.40 Å². The van der Waals surface area contributed by atoms with Crippen molar-refractivity contribution >= 4 is 34.0 Å². The predicted molar refractivity (Wildman–Crippen MR) is 131 cm³/mol. The summed E-state index contributed by atoms with van der Waals surface area (Å²) in [6.07, 6.45) is 9.40. The molecule has 0 unspecified atom stereocenters. The van der Waals surface area contributed by atoms with Crippen molar-refractivity contribution in [2.45, 2.75) is 57.7 Å². The van der Waals surface area contributed by atoms with Gasteiger partial charge in [0.15, 0.2) is 0 Å². The van der Waals surface area contributed by atoms with Gasteiger partial charge in [-0.25, -0.2) is 9.97 Å². The largest absolute Gasteiger partial charge is 0.372 e. The minimum Gasteiger partial charge on any atom is -0.372 e. The van der Waals surface area contributed by atoms with Gasteiger partial charge in [-0.05, 0) is 69.0 Å². The second-order valence-electron chi connectivity index (χ2n) is 9.49. The standard InChI is InChI=1S/C26H30N6O/c1-17-15-31(16-18(2)33-17)22-10-12-24(27-14-22)29-26-28-13-20-7-8-21-9-11-23(19-5-3-4-6-19)32(21)25(20)30-26/h7-14,17-19H,3-6,15-16H2,1-2H3,(H,27,28,29,30)/t17-,18+. The maximum absolute atomic E-state index is 5.85. The number of hydrogen-bond donors (Lipinski definition) is 1. The number of ether oxygens (including phenoxy) is 1. The second kappa shape index (κ2) is 8.30. The van der Waals surface area contributed by atoms with Crippen molar-refractivity contribution in [2.75, 3.05) is 23.3 Å². The fourth-order valence-electron chi connectivity index (χ4n) is 5.45. The molecule has 4 aromatic rings. The van der Waals surface area contributed by atoms with Gasteiger partial charge in [0.1, 0.15) is 11.5 Å². The smallest absolute Gasteiger partial charge is 0.230 e. The Kier molecular flexibility index (Phi) is 5.14. The van der Waals surface area contributed by atoms with Crippen LogP contribution in [0.2, 0.25) is 0 Å². The van der Waals surface area contributed by atoms with Crippen LogP contribution in [-0.4, -0.2) is 44.7 Å². The molecule has 7 heteroatoms. The Hall–Kier alpha value is -3.19. The number of pyridine rings is 2. The molecular weight excluding hydrogens is 412 g/mol. The Balaban J connectivity index is 1.28. The van der Waals surface area contributed by atoms with Gasteiger partial charge in [-0.2, -0.15) is 4.98 Å². The number of aromatic nitrogens is 4. The quantitative estimate of drug-likeness (QED) is 0.463. The zero-order chi connectivity index (χ0) is 22.4. The zero-order valence-electron chi connectivity index (χ0n) is 19.2. The number of rotatable bonds is 4. The van der Waals surface area contributed by atoms with Crippen LogP contribution < -0.4 is 10.2 Å². The van der Waals surface area contributed by atoms with E-state index in [1.165, 1.54) is 36.9 Å². The first kappa shape index (κ1) is 20.4. The molecule has 2 fully saturated rings. The summed E-state index contributed by atoms with van der Waals surface area (Å²) < 4.78 is 8.16. The fourth-order valence-corrected chi connectivity index (χ4v) is 5.45. The maximum atomic E-state index is 5.85. The lowest BCUT2D eigenvalue weighted by Crippen LogP contribution is -2.45. The van der Waals surface area contributed by atoms with Crippen LogP contribution >= 0.6 is 0 Å². The lowest BCUT2D eigenvalue weighted by molar-refractivity contribution is -0.00523. The van der Waals surface area contributed by atoms with Gasteiger partial charge >= 0.3 is 0 Å². The predicted octanol–water partition coefficient (Wildman–Crippen LogP) is 5.29. The van der Waals surface area contributed by atoms with E-state index in [2.05, 4.69) is 68.8 Å². The SMILES string of the molecule is C[C@@H]1CN(c2ccc(Nc3ncc4ccc5ccc(C6CCCC6)n5c4n3)nc2)C[C@H](C)O1. The highest BCUT2D eigenvalue weighted by atomic mass is 16.5. The van der Waals surface area contributed by atoms with E-state index in [9.17, 15) is 0 Å². The number of morpholine rings is 1. The summed E-state index contributed by atoms with van der Waals surface area (Å²) in [7, 11) is 0. The first-order valence-electron chi connectivity index (χ1n) is 12.0. The average molecular weight is 443 g/mol. The Morgan fingerprint density at radius 2 is 1.70 bits per heavy atom. The minimum atomic E-state index is 0.220. The fraction of sp³-hybridized carbons (Fsp3) is 0.423. The Morgan fingerprint density at radius 3 is 2.45 bits per heavy atom. The van der Waals surface area contributed by atoms with Crippen LogP contribution in [0.15, 0.2) is 48.8 Å². The normalized spacial score (nSPS) is 21.8. The molecule has 33 heavy (non-hydrogen) atoms. The molecule has 0 bridgehead atoms. The van der Waals surface area contributed by atoms with Gasteiger partial charge in [0.2, 0.25) is 5.95 Å². The molecule has 1 aliphatic carbocycles. The third-order valence-electron chi connectivity index (χ3n) is 6.93. The van der Waals surface area contributed by atoms with Crippen LogP contribution in [0.4, 0.5) is 17.5 Å². The van der Waals surface area contributed by atoms with Gasteiger partial charge in [-0.1, -0.05) is 12.8 Å². The topological polar surface area (TPSA) is 67.6 Å². The molecule has 0 aromatic carbocycles. The first-order chi connectivity index (χ1) is 16.1. The van der Waals surface area contributed by atoms with E-state index < -0.39 is 0 Å². The number of anilines is 3. The van der Waals surface area contributed by atoms with Gasteiger partial charge in [0.25, 0.3) is 0 Å². The van der Waals surface area contributed by atoms with Crippen molar-refractivity contribution in [2.24, 2.45) is 0 Å². The molecule has 1 saturated carbocycles. The van der Waals surface area contributed by atoms with Crippen LogP contribution in [-0.2, 0) is 4.74 Å². The minimum absolute atomic E-state index is 0.220. The monoisotopic (exact) mass is 442 g/mol. The molecule has 170 valence electrons. The van der Waals surface area contributed by atoms with Gasteiger partial charge in [0, 0.05) is 35.9 Å². The molecule has 2 aliphatic rings. The highest BCUT2D eigenvalue weighted by molar-refractivity contribution is 5.80. The Morgan fingerprint density at radius 1 is 0.909 bits per heavy atom. The van der Waals surface area contributed by atoms with Crippen LogP contribution in [0, 0.1) is 0 Å². The summed E-state index contributed by atoms with van der Waals surface area (Å²) in [6, 6.07) is 12.8. The molecule has 1 saturated heterocycles. The van der Waals surface area contributed by atoms with Crippen molar-refractivity contribution in [1.82, 2.24) is 19.4 Å². The van der Waals surface area contributed by atoms with Crippen LogP contribution in [0.3, 0.4) is 0 Å². The summed E-state index contributed by atoms with van der Waals surface area (Å²) in [4.78, 5) is 16.4. The number of nitrogens with zero attached hydrogens (tertiary/aromatic N) is 5. The van der Waals surface area contributed by atoms with Crippen molar-refractivity contribution < 1.29 is 4.74 Å². The summed E-state index contributed by atoms with van der Waals surface area (Å²) in [5, 5.41) is 4.34.